The highest BCUT2D eigenvalue weighted by molar-refractivity contribution is 5.32. The lowest BCUT2D eigenvalue weighted by Gasteiger charge is -2.42. The number of aromatic nitrogens is 1. The Labute approximate surface area is 103 Å². The Bertz CT molecular complexity index is 487. The summed E-state index contributed by atoms with van der Waals surface area (Å²) in [4.78, 5) is 15.4. The van der Waals surface area contributed by atoms with Crippen LogP contribution in [0.3, 0.4) is 0 Å². The Morgan fingerprint density at radius 1 is 1.39 bits per heavy atom. The fourth-order valence-corrected chi connectivity index (χ4v) is 2.20. The minimum atomic E-state index is -4.47. The molecule has 0 saturated carbocycles. The zero-order valence-electron chi connectivity index (χ0n) is 10.2. The molecular formula is C12H15F3N2O. The molecule has 0 unspecified atom stereocenters. The van der Waals surface area contributed by atoms with Crippen LogP contribution in [-0.4, -0.2) is 29.0 Å². The molecule has 0 atom stereocenters. The number of nitrogens with one attached hydrogen (secondary N) is 1. The van der Waals surface area contributed by atoms with Crippen molar-refractivity contribution >= 4 is 0 Å². The summed E-state index contributed by atoms with van der Waals surface area (Å²) in [5.74, 6) is -0.152. The Balaban J connectivity index is 2.27. The molecule has 0 spiro atoms. The van der Waals surface area contributed by atoms with E-state index in [0.29, 0.717) is 25.2 Å². The van der Waals surface area contributed by atoms with E-state index in [4.69, 9.17) is 0 Å². The van der Waals surface area contributed by atoms with Crippen LogP contribution in [-0.2, 0) is 6.18 Å². The predicted octanol–water partition coefficient (Wildman–Crippen LogP) is 2.20. The molecule has 1 saturated heterocycles. The van der Waals surface area contributed by atoms with Crippen LogP contribution in [0.1, 0.15) is 30.9 Å². The van der Waals surface area contributed by atoms with Crippen molar-refractivity contribution in [3.63, 3.8) is 0 Å². The second-order valence-electron chi connectivity index (χ2n) is 4.91. The van der Waals surface area contributed by atoms with Crippen LogP contribution in [0.5, 0.6) is 0 Å². The molecular weight excluding hydrogens is 245 g/mol. The SMILES string of the molecule is CC(C)N1CC(c2c[nH]c(=O)cc2C(F)(F)F)C1. The maximum Gasteiger partial charge on any atom is 0.416 e. The lowest BCUT2D eigenvalue weighted by atomic mass is 9.88. The van der Waals surface area contributed by atoms with Gasteiger partial charge < -0.3 is 4.98 Å². The first-order valence-corrected chi connectivity index (χ1v) is 5.83. The smallest absolute Gasteiger partial charge is 0.329 e. The first-order chi connectivity index (χ1) is 8.29. The summed E-state index contributed by atoms with van der Waals surface area (Å²) in [7, 11) is 0. The van der Waals surface area contributed by atoms with Gasteiger partial charge in [0.05, 0.1) is 5.56 Å². The van der Waals surface area contributed by atoms with Gasteiger partial charge in [0.1, 0.15) is 0 Å². The van der Waals surface area contributed by atoms with Gasteiger partial charge in [-0.3, -0.25) is 9.69 Å². The summed E-state index contributed by atoms with van der Waals surface area (Å²) >= 11 is 0. The third kappa shape index (κ3) is 2.43. The largest absolute Gasteiger partial charge is 0.416 e. The predicted molar refractivity (Wildman–Crippen MR) is 61.5 cm³/mol. The highest BCUT2D eigenvalue weighted by Crippen LogP contribution is 2.37. The molecule has 100 valence electrons. The molecule has 1 aliphatic rings. The number of halogens is 3. The van der Waals surface area contributed by atoms with E-state index in [9.17, 15) is 18.0 Å². The maximum absolute atomic E-state index is 12.8. The number of H-pyrrole nitrogens is 1. The van der Waals surface area contributed by atoms with Crippen molar-refractivity contribution in [3.8, 4) is 0 Å². The van der Waals surface area contributed by atoms with Crippen molar-refractivity contribution < 1.29 is 13.2 Å². The van der Waals surface area contributed by atoms with Gasteiger partial charge in [-0.05, 0) is 19.4 Å². The second kappa shape index (κ2) is 4.42. The molecule has 1 aromatic rings. The zero-order chi connectivity index (χ0) is 13.5. The quantitative estimate of drug-likeness (QED) is 0.885. The number of likely N-dealkylation sites (tertiary alicyclic amines) is 1. The number of hydrogen-bond acceptors (Lipinski definition) is 2. The summed E-state index contributed by atoms with van der Waals surface area (Å²) in [5, 5.41) is 0. The van der Waals surface area contributed by atoms with E-state index >= 15 is 0 Å². The van der Waals surface area contributed by atoms with Crippen LogP contribution in [0.25, 0.3) is 0 Å². The Morgan fingerprint density at radius 2 is 2.00 bits per heavy atom. The molecule has 0 aromatic carbocycles. The number of aromatic amines is 1. The van der Waals surface area contributed by atoms with Gasteiger partial charge in [-0.15, -0.1) is 0 Å². The van der Waals surface area contributed by atoms with Crippen LogP contribution in [0.4, 0.5) is 13.2 Å². The summed E-state index contributed by atoms with van der Waals surface area (Å²) < 4.78 is 38.5. The van der Waals surface area contributed by atoms with Crippen molar-refractivity contribution in [1.29, 1.82) is 0 Å². The number of nitrogens with zero attached hydrogens (tertiary/aromatic N) is 1. The van der Waals surface area contributed by atoms with Gasteiger partial charge in [-0.25, -0.2) is 0 Å². The lowest BCUT2D eigenvalue weighted by molar-refractivity contribution is -0.139. The van der Waals surface area contributed by atoms with Gasteiger partial charge in [0, 0.05) is 37.3 Å². The molecule has 6 heteroatoms. The van der Waals surface area contributed by atoms with E-state index in [0.717, 1.165) is 0 Å². The van der Waals surface area contributed by atoms with Gasteiger partial charge in [0.25, 0.3) is 0 Å². The van der Waals surface area contributed by atoms with Crippen LogP contribution in [0, 0.1) is 0 Å². The fraction of sp³-hybridized carbons (Fsp3) is 0.583. The average Bonchev–Trinajstić information content (AvgIpc) is 2.15. The van der Waals surface area contributed by atoms with E-state index in [-0.39, 0.29) is 11.5 Å². The Kier molecular flexibility index (Phi) is 3.23. The third-order valence-corrected chi connectivity index (χ3v) is 3.34. The van der Waals surface area contributed by atoms with E-state index in [1.165, 1.54) is 6.20 Å². The van der Waals surface area contributed by atoms with Crippen molar-refractivity contribution in [1.82, 2.24) is 9.88 Å². The molecule has 0 bridgehead atoms. The molecule has 2 rings (SSSR count). The average molecular weight is 260 g/mol. The Hall–Kier alpha value is -1.30. The van der Waals surface area contributed by atoms with Crippen molar-refractivity contribution in [2.75, 3.05) is 13.1 Å². The molecule has 18 heavy (non-hydrogen) atoms. The monoisotopic (exact) mass is 260 g/mol. The zero-order valence-corrected chi connectivity index (χ0v) is 10.2. The number of alkyl halides is 3. The van der Waals surface area contributed by atoms with Crippen LogP contribution in [0.15, 0.2) is 17.1 Å². The molecule has 0 radical (unpaired) electrons. The van der Waals surface area contributed by atoms with Crippen LogP contribution in [0.2, 0.25) is 0 Å². The highest BCUT2D eigenvalue weighted by atomic mass is 19.4. The summed E-state index contributed by atoms with van der Waals surface area (Å²) in [6.45, 7) is 5.22. The first-order valence-electron chi connectivity index (χ1n) is 5.83. The molecule has 1 aliphatic heterocycles. The van der Waals surface area contributed by atoms with E-state index in [1.54, 1.807) is 0 Å². The van der Waals surface area contributed by atoms with Crippen LogP contribution >= 0.6 is 0 Å². The molecule has 2 heterocycles. The first kappa shape index (κ1) is 13.1. The molecule has 1 N–H and O–H groups in total. The highest BCUT2D eigenvalue weighted by Gasteiger charge is 2.39. The van der Waals surface area contributed by atoms with Crippen LogP contribution < -0.4 is 5.56 Å². The van der Waals surface area contributed by atoms with E-state index < -0.39 is 17.3 Å². The van der Waals surface area contributed by atoms with Gasteiger partial charge in [0.2, 0.25) is 5.56 Å². The number of pyridine rings is 1. The van der Waals surface area contributed by atoms with Gasteiger partial charge >= 0.3 is 6.18 Å². The maximum atomic E-state index is 12.8. The number of rotatable bonds is 2. The Morgan fingerprint density at radius 3 is 2.50 bits per heavy atom. The summed E-state index contributed by atoms with van der Waals surface area (Å²) in [6, 6.07) is 0.978. The standard InChI is InChI=1S/C12H15F3N2O/c1-7(2)17-5-8(6-17)9-4-16-11(18)3-10(9)12(13,14)15/h3-4,7-8H,5-6H2,1-2H3,(H,16,18). The molecule has 0 amide bonds. The van der Waals surface area contributed by atoms with Gasteiger partial charge in [-0.1, -0.05) is 0 Å². The van der Waals surface area contributed by atoms with Crippen molar-refractivity contribution in [2.45, 2.75) is 32.0 Å². The molecule has 1 aromatic heterocycles. The molecule has 1 fully saturated rings. The fourth-order valence-electron chi connectivity index (χ4n) is 2.20. The summed E-state index contributed by atoms with van der Waals surface area (Å²) in [5.41, 5.74) is -1.33. The lowest BCUT2D eigenvalue weighted by Crippen LogP contribution is -2.49. The minimum absolute atomic E-state index is 0.152. The summed E-state index contributed by atoms with van der Waals surface area (Å²) in [6.07, 6.45) is -3.27. The van der Waals surface area contributed by atoms with E-state index in [1.807, 2.05) is 13.8 Å². The van der Waals surface area contributed by atoms with Crippen molar-refractivity contribution in [2.24, 2.45) is 0 Å². The second-order valence-corrected chi connectivity index (χ2v) is 4.91. The topological polar surface area (TPSA) is 36.1 Å². The third-order valence-electron chi connectivity index (χ3n) is 3.34. The molecule has 3 nitrogen and oxygen atoms in total. The van der Waals surface area contributed by atoms with Gasteiger partial charge in [0.15, 0.2) is 0 Å². The van der Waals surface area contributed by atoms with Gasteiger partial charge in [-0.2, -0.15) is 13.2 Å². The molecule has 0 aliphatic carbocycles. The minimum Gasteiger partial charge on any atom is -0.329 e. The normalized spacial score (nSPS) is 18.1. The van der Waals surface area contributed by atoms with Crippen molar-refractivity contribution in [3.05, 3.63) is 33.7 Å². The number of hydrogen-bond donors (Lipinski definition) is 1. The van der Waals surface area contributed by atoms with E-state index in [2.05, 4.69) is 9.88 Å².